The molecule has 0 atom stereocenters. The van der Waals surface area contributed by atoms with Crippen molar-refractivity contribution in [2.24, 2.45) is 0 Å². The minimum Gasteiger partial charge on any atom is -1.00 e. The molecule has 0 aliphatic heterocycles. The van der Waals surface area contributed by atoms with Gasteiger partial charge in [0.15, 0.2) is 0 Å². The fourth-order valence-corrected chi connectivity index (χ4v) is 3.63. The van der Waals surface area contributed by atoms with Crippen LogP contribution in [0.5, 0.6) is 0 Å². The van der Waals surface area contributed by atoms with Crippen LogP contribution >= 0.6 is 0 Å². The number of aryl methyl sites for hydroxylation is 1. The first-order valence-electron chi connectivity index (χ1n) is 9.61. The van der Waals surface area contributed by atoms with Gasteiger partial charge in [0.2, 0.25) is 0 Å². The molecule has 0 N–H and O–H groups in total. The van der Waals surface area contributed by atoms with Gasteiger partial charge in [-0.3, -0.25) is 4.48 Å². The molecule has 0 unspecified atom stereocenters. The van der Waals surface area contributed by atoms with Crippen LogP contribution in [0.1, 0.15) is 77.7 Å². The Labute approximate surface area is 151 Å². The minimum absolute atomic E-state index is 0. The van der Waals surface area contributed by atoms with E-state index in [-0.39, 0.29) is 12.4 Å². The topological polar surface area (TPSA) is 0 Å². The Morgan fingerprint density at radius 2 is 1.17 bits per heavy atom. The summed E-state index contributed by atoms with van der Waals surface area (Å²) in [4.78, 5) is 0. The Hall–Kier alpha value is -0.530. The molecule has 0 aliphatic carbocycles. The summed E-state index contributed by atoms with van der Waals surface area (Å²) in [6.07, 6.45) is 10.9. The summed E-state index contributed by atoms with van der Waals surface area (Å²) in [5.41, 5.74) is 2.90. The molecular weight excluding hydrogens is 302 g/mol. The van der Waals surface area contributed by atoms with E-state index in [2.05, 4.69) is 52.0 Å². The minimum atomic E-state index is 0. The van der Waals surface area contributed by atoms with Gasteiger partial charge in [-0.2, -0.15) is 0 Å². The van der Waals surface area contributed by atoms with Gasteiger partial charge >= 0.3 is 0 Å². The summed E-state index contributed by atoms with van der Waals surface area (Å²) in [6, 6.07) is 9.32. The van der Waals surface area contributed by atoms with Gasteiger partial charge in [-0.25, -0.2) is 0 Å². The van der Waals surface area contributed by atoms with Crippen molar-refractivity contribution in [2.75, 3.05) is 19.6 Å². The van der Waals surface area contributed by atoms with Gasteiger partial charge in [-0.15, -0.1) is 0 Å². The lowest BCUT2D eigenvalue weighted by Crippen LogP contribution is -3.00. The average molecular weight is 340 g/mol. The molecule has 1 aromatic carbocycles. The summed E-state index contributed by atoms with van der Waals surface area (Å²) >= 11 is 0. The SMILES string of the molecule is CCCCCCCC[N+](CCC)(CCC)c1ccc(C)cc1.[Cl-]. The maximum absolute atomic E-state index is 2.37. The van der Waals surface area contributed by atoms with E-state index in [0.29, 0.717) is 0 Å². The number of unbranched alkanes of at least 4 members (excludes halogenated alkanes) is 5. The number of quaternary nitrogens is 1. The lowest BCUT2D eigenvalue weighted by molar-refractivity contribution is -0.00000496. The maximum atomic E-state index is 2.37. The molecule has 23 heavy (non-hydrogen) atoms. The molecule has 0 heterocycles. The van der Waals surface area contributed by atoms with Gasteiger partial charge < -0.3 is 12.4 Å². The van der Waals surface area contributed by atoms with E-state index in [1.165, 1.54) is 86.7 Å². The van der Waals surface area contributed by atoms with Crippen molar-refractivity contribution in [1.82, 2.24) is 4.48 Å². The zero-order chi connectivity index (χ0) is 16.3. The van der Waals surface area contributed by atoms with E-state index in [9.17, 15) is 0 Å². The average Bonchev–Trinajstić information content (AvgIpc) is 2.51. The van der Waals surface area contributed by atoms with E-state index >= 15 is 0 Å². The summed E-state index contributed by atoms with van der Waals surface area (Å²) in [7, 11) is 0. The van der Waals surface area contributed by atoms with E-state index in [4.69, 9.17) is 0 Å². The molecule has 0 aromatic heterocycles. The van der Waals surface area contributed by atoms with Crippen molar-refractivity contribution in [3.05, 3.63) is 29.8 Å². The summed E-state index contributed by atoms with van der Waals surface area (Å²) in [5.74, 6) is 0. The van der Waals surface area contributed by atoms with Crippen LogP contribution < -0.4 is 16.9 Å². The molecule has 0 radical (unpaired) electrons. The van der Waals surface area contributed by atoms with Gasteiger partial charge in [0.05, 0.1) is 19.6 Å². The molecule has 134 valence electrons. The standard InChI is InChI=1S/C21H38N.ClH/c1-5-8-9-10-11-12-19-22(17-6-2,18-7-3)21-15-13-20(4)14-16-21;/h13-16H,5-12,17-19H2,1-4H3;1H/q+1;/p-1. The van der Waals surface area contributed by atoms with Crippen molar-refractivity contribution in [1.29, 1.82) is 0 Å². The van der Waals surface area contributed by atoms with Gasteiger partial charge in [0.25, 0.3) is 0 Å². The van der Waals surface area contributed by atoms with Crippen LogP contribution in [0.3, 0.4) is 0 Å². The summed E-state index contributed by atoms with van der Waals surface area (Å²) in [6.45, 7) is 13.0. The molecule has 0 saturated carbocycles. The van der Waals surface area contributed by atoms with Gasteiger partial charge in [-0.1, -0.05) is 64.2 Å². The molecule has 1 aromatic rings. The second-order valence-electron chi connectivity index (χ2n) is 6.92. The zero-order valence-corrected chi connectivity index (χ0v) is 16.7. The third-order valence-electron chi connectivity index (χ3n) is 4.82. The number of hydrogen-bond acceptors (Lipinski definition) is 0. The van der Waals surface area contributed by atoms with Crippen LogP contribution in [0.2, 0.25) is 0 Å². The van der Waals surface area contributed by atoms with Gasteiger partial charge in [0, 0.05) is 0 Å². The highest BCUT2D eigenvalue weighted by Crippen LogP contribution is 2.26. The Morgan fingerprint density at radius 1 is 0.652 bits per heavy atom. The predicted molar refractivity (Wildman–Crippen MR) is 102 cm³/mol. The number of halogens is 1. The molecule has 0 aliphatic rings. The molecule has 0 saturated heterocycles. The first-order chi connectivity index (χ1) is 10.7. The molecule has 0 amide bonds. The van der Waals surface area contributed by atoms with Crippen LogP contribution in [0.4, 0.5) is 5.69 Å². The van der Waals surface area contributed by atoms with Crippen LogP contribution in [0, 0.1) is 6.92 Å². The van der Waals surface area contributed by atoms with E-state index in [1.54, 1.807) is 0 Å². The highest BCUT2D eigenvalue weighted by molar-refractivity contribution is 5.44. The fraction of sp³-hybridized carbons (Fsp3) is 0.714. The zero-order valence-electron chi connectivity index (χ0n) is 15.9. The molecule has 0 fully saturated rings. The largest absolute Gasteiger partial charge is 1.00 e. The molecule has 0 bridgehead atoms. The Bertz CT molecular complexity index is 379. The molecular formula is C21H38ClN. The first-order valence-corrected chi connectivity index (χ1v) is 9.61. The molecule has 2 heteroatoms. The maximum Gasteiger partial charge on any atom is 0.132 e. The smallest absolute Gasteiger partial charge is 0.132 e. The van der Waals surface area contributed by atoms with Crippen molar-refractivity contribution in [2.45, 2.75) is 79.1 Å². The fourth-order valence-electron chi connectivity index (χ4n) is 3.63. The second kappa shape index (κ2) is 12.8. The van der Waals surface area contributed by atoms with Crippen molar-refractivity contribution in [3.8, 4) is 0 Å². The van der Waals surface area contributed by atoms with E-state index in [1.807, 2.05) is 0 Å². The predicted octanol–water partition coefficient (Wildman–Crippen LogP) is 3.49. The normalized spacial score (nSPS) is 11.3. The van der Waals surface area contributed by atoms with Gasteiger partial charge in [0.1, 0.15) is 5.69 Å². The van der Waals surface area contributed by atoms with Crippen molar-refractivity contribution >= 4 is 5.69 Å². The highest BCUT2D eigenvalue weighted by Gasteiger charge is 2.27. The number of nitrogens with zero attached hydrogens (tertiary/aromatic N) is 1. The van der Waals surface area contributed by atoms with Gasteiger partial charge in [-0.05, 0) is 44.7 Å². The Kier molecular flexibility index (Phi) is 12.5. The van der Waals surface area contributed by atoms with Crippen LogP contribution in [-0.4, -0.2) is 19.6 Å². The van der Waals surface area contributed by atoms with Crippen molar-refractivity contribution in [3.63, 3.8) is 0 Å². The quantitative estimate of drug-likeness (QED) is 0.404. The monoisotopic (exact) mass is 339 g/mol. The third kappa shape index (κ3) is 7.72. The number of rotatable bonds is 12. The Balaban J connectivity index is 0.00000484. The number of hydrogen-bond donors (Lipinski definition) is 0. The summed E-state index contributed by atoms with van der Waals surface area (Å²) < 4.78 is 1.20. The molecule has 1 rings (SSSR count). The highest BCUT2D eigenvalue weighted by atomic mass is 35.5. The lowest BCUT2D eigenvalue weighted by Gasteiger charge is -2.38. The van der Waals surface area contributed by atoms with E-state index < -0.39 is 0 Å². The lowest BCUT2D eigenvalue weighted by atomic mass is 10.1. The Morgan fingerprint density at radius 3 is 1.70 bits per heavy atom. The van der Waals surface area contributed by atoms with Crippen LogP contribution in [0.15, 0.2) is 24.3 Å². The number of benzene rings is 1. The molecule has 1 nitrogen and oxygen atoms in total. The third-order valence-corrected chi connectivity index (χ3v) is 4.82. The van der Waals surface area contributed by atoms with Crippen LogP contribution in [-0.2, 0) is 0 Å². The van der Waals surface area contributed by atoms with Crippen LogP contribution in [0.25, 0.3) is 0 Å². The molecule has 0 spiro atoms. The van der Waals surface area contributed by atoms with E-state index in [0.717, 1.165) is 0 Å². The first kappa shape index (κ1) is 22.5. The van der Waals surface area contributed by atoms with Crippen molar-refractivity contribution < 1.29 is 12.4 Å². The summed E-state index contributed by atoms with van der Waals surface area (Å²) in [5, 5.41) is 0. The second-order valence-corrected chi connectivity index (χ2v) is 6.92.